The van der Waals surface area contributed by atoms with Crippen molar-refractivity contribution in [3.63, 3.8) is 0 Å². The molecule has 0 aliphatic heterocycles. The van der Waals surface area contributed by atoms with Crippen LogP contribution < -0.4 is 0 Å². The third kappa shape index (κ3) is 1.82. The van der Waals surface area contributed by atoms with Crippen molar-refractivity contribution in [2.75, 3.05) is 0 Å². The Kier molecular flexibility index (Phi) is 3.81. The van der Waals surface area contributed by atoms with Crippen LogP contribution >= 0.6 is 12.6 Å². The van der Waals surface area contributed by atoms with E-state index in [9.17, 15) is 0 Å². The predicted molar refractivity (Wildman–Crippen MR) is 37.6 cm³/mol. The molecule has 1 aromatic heterocycles. The van der Waals surface area contributed by atoms with Crippen LogP contribution in [0.15, 0.2) is 17.6 Å². The van der Waals surface area contributed by atoms with Gasteiger partial charge in [0.2, 0.25) is 0 Å². The Morgan fingerprint density at radius 1 is 1.75 bits per heavy atom. The van der Waals surface area contributed by atoms with Gasteiger partial charge in [-0.2, -0.15) is 0 Å². The van der Waals surface area contributed by atoms with Gasteiger partial charge < -0.3 is 4.57 Å². The average Bonchev–Trinajstić information content (AvgIpc) is 1.91. The summed E-state index contributed by atoms with van der Waals surface area (Å²) in [6.45, 7) is 0. The molecule has 1 heterocycles. The Bertz CT molecular complexity index is 146. The molecule has 0 saturated carbocycles. The third-order valence-corrected chi connectivity index (χ3v) is 1.23. The molecule has 40 valence electrons. The average molecular weight is 138 g/mol. The van der Waals surface area contributed by atoms with Gasteiger partial charge in [-0.1, -0.05) is 0 Å². The van der Waals surface area contributed by atoms with E-state index in [4.69, 9.17) is 0 Å². The second kappa shape index (κ2) is 3.56. The van der Waals surface area contributed by atoms with Crippen LogP contribution in [0.2, 0.25) is 0 Å². The molecule has 4 heteroatoms. The Labute approximate surface area is 76.0 Å². The Hall–Kier alpha value is 0.560. The maximum absolute atomic E-state index is 4.00. The van der Waals surface area contributed by atoms with E-state index in [1.165, 1.54) is 0 Å². The summed E-state index contributed by atoms with van der Waals surface area (Å²) < 4.78 is 1.84. The first-order chi connectivity index (χ1) is 3.30. The van der Waals surface area contributed by atoms with Gasteiger partial charge in [0.1, 0.15) is 0 Å². The normalized spacial score (nSPS) is 8.25. The summed E-state index contributed by atoms with van der Waals surface area (Å²) in [7, 11) is 1.90. The molecule has 0 aliphatic carbocycles. The molecule has 0 fully saturated rings. The fraction of sp³-hybridized carbons (Fsp3) is 0.250. The second-order valence-electron chi connectivity index (χ2n) is 1.34. The number of nitrogens with zero attached hydrogens (tertiary/aromatic N) is 2. The van der Waals surface area contributed by atoms with Crippen LogP contribution in [0.5, 0.6) is 0 Å². The van der Waals surface area contributed by atoms with Gasteiger partial charge in [-0.05, 0) is 0 Å². The van der Waals surface area contributed by atoms with Gasteiger partial charge in [-0.3, -0.25) is 0 Å². The summed E-state index contributed by atoms with van der Waals surface area (Å²) in [5.41, 5.74) is 0. The number of thiol groups is 1. The van der Waals surface area contributed by atoms with E-state index in [1.807, 2.05) is 17.8 Å². The minimum atomic E-state index is 0. The van der Waals surface area contributed by atoms with Crippen molar-refractivity contribution >= 4 is 42.2 Å². The molecule has 8 heavy (non-hydrogen) atoms. The molecule has 0 bridgehead atoms. The summed E-state index contributed by atoms with van der Waals surface area (Å²) in [5.74, 6) is 0. The molecule has 1 aromatic rings. The first kappa shape index (κ1) is 8.56. The van der Waals surface area contributed by atoms with Crippen LogP contribution in [-0.2, 0) is 7.05 Å². The van der Waals surface area contributed by atoms with Gasteiger partial charge in [0, 0.05) is 19.4 Å². The fourth-order valence-corrected chi connectivity index (χ4v) is 0.491. The number of hydrogen-bond acceptors (Lipinski definition) is 2. The van der Waals surface area contributed by atoms with Crippen LogP contribution in [0.4, 0.5) is 0 Å². The molecule has 0 spiro atoms. The monoisotopic (exact) mass is 138 g/mol. The minimum absolute atomic E-state index is 0. The van der Waals surface area contributed by atoms with E-state index in [2.05, 4.69) is 17.6 Å². The van der Waals surface area contributed by atoms with Crippen molar-refractivity contribution in [3.8, 4) is 0 Å². The van der Waals surface area contributed by atoms with Gasteiger partial charge in [-0.25, -0.2) is 4.98 Å². The van der Waals surface area contributed by atoms with Crippen molar-refractivity contribution in [3.05, 3.63) is 12.4 Å². The van der Waals surface area contributed by atoms with Gasteiger partial charge in [-0.15, -0.1) is 12.6 Å². The predicted octanol–water partition coefficient (Wildman–Crippen LogP) is 0.0603. The Morgan fingerprint density at radius 3 is 2.50 bits per heavy atom. The van der Waals surface area contributed by atoms with Crippen LogP contribution in [0.3, 0.4) is 0 Å². The van der Waals surface area contributed by atoms with Gasteiger partial charge in [0.05, 0.1) is 0 Å². The van der Waals surface area contributed by atoms with Crippen molar-refractivity contribution in [1.29, 1.82) is 0 Å². The van der Waals surface area contributed by atoms with Crippen molar-refractivity contribution in [1.82, 2.24) is 9.55 Å². The summed E-state index contributed by atoms with van der Waals surface area (Å²) >= 11 is 4.00. The molecule has 0 N–H and O–H groups in total. The van der Waals surface area contributed by atoms with Crippen molar-refractivity contribution < 1.29 is 0 Å². The molecule has 0 amide bonds. The van der Waals surface area contributed by atoms with Crippen LogP contribution in [0.25, 0.3) is 0 Å². The van der Waals surface area contributed by atoms with E-state index in [1.54, 1.807) is 6.20 Å². The fourth-order valence-electron chi connectivity index (χ4n) is 0.358. The Morgan fingerprint density at radius 2 is 2.38 bits per heavy atom. The van der Waals surface area contributed by atoms with E-state index in [0.29, 0.717) is 0 Å². The number of rotatable bonds is 0. The van der Waals surface area contributed by atoms with E-state index in [-0.39, 0.29) is 29.6 Å². The molecule has 0 unspecified atom stereocenters. The van der Waals surface area contributed by atoms with E-state index in [0.717, 1.165) is 5.16 Å². The zero-order valence-electron chi connectivity index (χ0n) is 4.00. The zero-order chi connectivity index (χ0) is 5.28. The number of aromatic nitrogens is 2. The van der Waals surface area contributed by atoms with Crippen LogP contribution in [0.1, 0.15) is 0 Å². The number of imidazole rings is 1. The number of aryl methyl sites for hydroxylation is 1. The SMILES string of the molecule is Cn1ccnc1S.[NaH]. The summed E-state index contributed by atoms with van der Waals surface area (Å²) in [5, 5.41) is 0.750. The van der Waals surface area contributed by atoms with Gasteiger partial charge >= 0.3 is 29.6 Å². The van der Waals surface area contributed by atoms with Crippen molar-refractivity contribution in [2.24, 2.45) is 7.05 Å². The summed E-state index contributed by atoms with van der Waals surface area (Å²) in [6.07, 6.45) is 3.56. The molecule has 0 aromatic carbocycles. The molecule has 0 aliphatic rings. The maximum atomic E-state index is 4.00. The summed E-state index contributed by atoms with van der Waals surface area (Å²) in [6, 6.07) is 0. The second-order valence-corrected chi connectivity index (χ2v) is 1.74. The van der Waals surface area contributed by atoms with E-state index >= 15 is 0 Å². The quantitative estimate of drug-likeness (QED) is 0.396. The van der Waals surface area contributed by atoms with Gasteiger partial charge in [0.15, 0.2) is 5.16 Å². The molecular formula is C4H7N2NaS. The number of hydrogen-bond donors (Lipinski definition) is 1. The topological polar surface area (TPSA) is 17.8 Å². The third-order valence-electron chi connectivity index (χ3n) is 0.796. The van der Waals surface area contributed by atoms with Crippen LogP contribution in [0, 0.1) is 0 Å². The van der Waals surface area contributed by atoms with Crippen LogP contribution in [-0.4, -0.2) is 39.1 Å². The first-order valence-corrected chi connectivity index (χ1v) is 2.41. The Balaban J connectivity index is 0.000000490. The molecule has 1 rings (SSSR count). The molecule has 0 saturated heterocycles. The first-order valence-electron chi connectivity index (χ1n) is 1.97. The summed E-state index contributed by atoms with van der Waals surface area (Å²) in [4.78, 5) is 3.84. The molecule has 0 atom stereocenters. The molecule has 0 radical (unpaired) electrons. The van der Waals surface area contributed by atoms with Gasteiger partial charge in [0.25, 0.3) is 0 Å². The van der Waals surface area contributed by atoms with Crippen molar-refractivity contribution in [2.45, 2.75) is 5.16 Å². The van der Waals surface area contributed by atoms with E-state index < -0.39 is 0 Å². The standard InChI is InChI=1S/C4H6N2S.Na.H/c1-6-3-2-5-4(6)7;;/h2-3H,1H3,(H,5,7);;. The molecule has 2 nitrogen and oxygen atoms in total. The zero-order valence-corrected chi connectivity index (χ0v) is 4.89. The molecular weight excluding hydrogens is 131 g/mol.